The summed E-state index contributed by atoms with van der Waals surface area (Å²) in [6.45, 7) is 0.105. The third-order valence-corrected chi connectivity index (χ3v) is 10.7. The van der Waals surface area contributed by atoms with Crippen LogP contribution in [0.1, 0.15) is 67.7 Å². The molecule has 0 saturated heterocycles. The molecule has 0 N–H and O–H groups in total. The summed E-state index contributed by atoms with van der Waals surface area (Å²) in [5.74, 6) is -3.95. The summed E-state index contributed by atoms with van der Waals surface area (Å²) in [6, 6.07) is 35.3. The van der Waals surface area contributed by atoms with Gasteiger partial charge in [0, 0.05) is 0 Å². The van der Waals surface area contributed by atoms with E-state index in [4.69, 9.17) is 52.1 Å². The maximum atomic E-state index is 14.4. The average molecular weight is 971 g/mol. The molecule has 0 heterocycles. The second-order valence-corrected chi connectivity index (χ2v) is 15.3. The number of carbonyl (C=O) groups excluding carboxylic acids is 6. The Morgan fingerprint density at radius 1 is 0.310 bits per heavy atom. The van der Waals surface area contributed by atoms with Crippen LogP contribution < -0.4 is 23.7 Å². The lowest BCUT2D eigenvalue weighted by atomic mass is 10.0. The number of esters is 6. The van der Waals surface area contributed by atoms with Gasteiger partial charge in [0.1, 0.15) is 42.0 Å². The monoisotopic (exact) mass is 970 g/mol. The van der Waals surface area contributed by atoms with E-state index in [1.807, 2.05) is 6.92 Å². The molecule has 0 amide bonds. The lowest BCUT2D eigenvalue weighted by Gasteiger charge is -2.35. The molecule has 0 aliphatic rings. The molecule has 6 rings (SSSR count). The van der Waals surface area contributed by atoms with Gasteiger partial charge in [-0.25, -0.2) is 28.8 Å². The minimum Gasteiger partial charge on any atom is -0.497 e. The van der Waals surface area contributed by atoms with Crippen LogP contribution in [0.25, 0.3) is 0 Å². The van der Waals surface area contributed by atoms with Crippen LogP contribution >= 0.6 is 0 Å². The van der Waals surface area contributed by atoms with E-state index in [1.165, 1.54) is 169 Å². The van der Waals surface area contributed by atoms with Crippen molar-refractivity contribution in [3.8, 4) is 28.7 Å². The van der Waals surface area contributed by atoms with E-state index in [-0.39, 0.29) is 33.4 Å². The quantitative estimate of drug-likeness (QED) is 0.0468. The van der Waals surface area contributed by atoms with Crippen molar-refractivity contribution in [3.63, 3.8) is 0 Å². The fourth-order valence-corrected chi connectivity index (χ4v) is 6.70. The zero-order chi connectivity index (χ0) is 50.9. The summed E-state index contributed by atoms with van der Waals surface area (Å²) in [4.78, 5) is 84.8. The smallest absolute Gasteiger partial charge is 0.338 e. The highest BCUT2D eigenvalue weighted by Gasteiger charge is 2.46. The molecule has 4 atom stereocenters. The van der Waals surface area contributed by atoms with Gasteiger partial charge in [0.15, 0.2) is 24.4 Å². The van der Waals surface area contributed by atoms with Crippen LogP contribution in [0, 0.1) is 6.92 Å². The summed E-state index contributed by atoms with van der Waals surface area (Å²) < 4.78 is 62.5. The second kappa shape index (κ2) is 25.0. The number of carbonyl (C=O) groups is 6. The molecule has 0 aliphatic carbocycles. The molecule has 0 radical (unpaired) electrons. The molecule has 17 heteroatoms. The Labute approximate surface area is 409 Å². The van der Waals surface area contributed by atoms with Gasteiger partial charge in [-0.3, -0.25) is 0 Å². The third-order valence-electron chi connectivity index (χ3n) is 10.7. The molecule has 17 nitrogen and oxygen atoms in total. The van der Waals surface area contributed by atoms with Gasteiger partial charge in [-0.2, -0.15) is 0 Å². The zero-order valence-electron chi connectivity index (χ0n) is 39.5. The highest BCUT2D eigenvalue weighted by molar-refractivity contribution is 5.93. The van der Waals surface area contributed by atoms with E-state index >= 15 is 0 Å². The maximum absolute atomic E-state index is 14.4. The molecule has 0 aromatic heterocycles. The van der Waals surface area contributed by atoms with Crippen LogP contribution in [0.4, 0.5) is 0 Å². The molecule has 0 spiro atoms. The normalized spacial score (nSPS) is 12.3. The number of aryl methyl sites for hydroxylation is 1. The average Bonchev–Trinajstić information content (AvgIpc) is 3.41. The topological polar surface area (TPSA) is 204 Å². The molecule has 368 valence electrons. The predicted octanol–water partition coefficient (Wildman–Crippen LogP) is 7.95. The maximum Gasteiger partial charge on any atom is 0.338 e. The van der Waals surface area contributed by atoms with Gasteiger partial charge in [0.05, 0.1) is 68.9 Å². The van der Waals surface area contributed by atoms with Gasteiger partial charge in [-0.1, -0.05) is 17.7 Å². The summed E-state index contributed by atoms with van der Waals surface area (Å²) in [5, 5.41) is 0. The highest BCUT2D eigenvalue weighted by atomic mass is 16.6. The first kappa shape index (κ1) is 51.5. The Morgan fingerprint density at radius 3 is 0.761 bits per heavy atom. The third kappa shape index (κ3) is 14.1. The van der Waals surface area contributed by atoms with Crippen molar-refractivity contribution in [1.29, 1.82) is 0 Å². The Morgan fingerprint density at radius 2 is 0.521 bits per heavy atom. The number of methoxy groups -OCH3 is 5. The molecule has 0 saturated carbocycles. The van der Waals surface area contributed by atoms with Gasteiger partial charge in [-0.05, 0) is 140 Å². The number of hydrogen-bond acceptors (Lipinski definition) is 17. The Hall–Kier alpha value is -8.86. The van der Waals surface area contributed by atoms with Crippen LogP contribution in [0.2, 0.25) is 0 Å². The lowest BCUT2D eigenvalue weighted by Crippen LogP contribution is -2.54. The van der Waals surface area contributed by atoms with E-state index < -0.39 is 73.4 Å². The molecule has 0 aliphatic heterocycles. The molecule has 0 fully saturated rings. The van der Waals surface area contributed by atoms with Crippen molar-refractivity contribution in [3.05, 3.63) is 185 Å². The molecule has 0 bridgehead atoms. The summed E-state index contributed by atoms with van der Waals surface area (Å²) >= 11 is 0. The van der Waals surface area contributed by atoms with Gasteiger partial charge in [-0.15, -0.1) is 0 Å². The molecule has 6 aromatic carbocycles. The first-order valence-corrected chi connectivity index (χ1v) is 21.8. The van der Waals surface area contributed by atoms with Gasteiger partial charge in [0.2, 0.25) is 0 Å². The second-order valence-electron chi connectivity index (χ2n) is 15.3. The summed E-state index contributed by atoms with van der Waals surface area (Å²) in [7, 11) is 7.18. The number of rotatable bonds is 22. The largest absolute Gasteiger partial charge is 0.497 e. The van der Waals surface area contributed by atoms with Crippen LogP contribution in [0.15, 0.2) is 146 Å². The van der Waals surface area contributed by atoms with Crippen molar-refractivity contribution in [2.75, 3.05) is 48.8 Å². The van der Waals surface area contributed by atoms with Crippen molar-refractivity contribution in [1.82, 2.24) is 0 Å². The Bertz CT molecular complexity index is 2740. The molecule has 6 aromatic rings. The van der Waals surface area contributed by atoms with Crippen LogP contribution in [0.5, 0.6) is 28.7 Å². The Balaban J connectivity index is 1.52. The van der Waals surface area contributed by atoms with Crippen molar-refractivity contribution in [2.24, 2.45) is 0 Å². The molecular formula is C54H50O17. The Kier molecular flexibility index (Phi) is 18.1. The standard InChI is InChI=1S/C54H50O17/c1-33-7-9-34(10-8-33)49(55)66-31-45(68-51(57)36-13-23-41(62-3)24-14-36)47(70-53(59)38-17-27-43(64-5)28-18-38)48(71-54(60)39-19-29-44(65-6)30-20-39)46(69-52(58)37-15-25-42(63-4)26-16-37)32-67-50(56)35-11-21-40(61-2)22-12-35/h7-30,45-48H,31-32H2,1-6H3/t45-,46-,47-,48-/m1/s1. The van der Waals surface area contributed by atoms with Crippen molar-refractivity contribution < 1.29 is 80.9 Å². The van der Waals surface area contributed by atoms with Crippen LogP contribution in [-0.2, 0) is 28.4 Å². The van der Waals surface area contributed by atoms with E-state index in [0.29, 0.717) is 28.7 Å². The zero-order valence-corrected chi connectivity index (χ0v) is 39.5. The van der Waals surface area contributed by atoms with Gasteiger partial charge < -0.3 is 52.1 Å². The number of ether oxygens (including phenoxy) is 11. The molecular weight excluding hydrogens is 921 g/mol. The summed E-state index contributed by atoms with van der Waals surface area (Å²) in [5.41, 5.74) is 0.830. The van der Waals surface area contributed by atoms with Crippen molar-refractivity contribution in [2.45, 2.75) is 31.3 Å². The minimum atomic E-state index is -2.05. The molecule has 71 heavy (non-hydrogen) atoms. The number of hydrogen-bond donors (Lipinski definition) is 0. The lowest BCUT2D eigenvalue weighted by molar-refractivity contribution is -0.138. The van der Waals surface area contributed by atoms with E-state index in [0.717, 1.165) is 5.56 Å². The first-order valence-electron chi connectivity index (χ1n) is 21.8. The van der Waals surface area contributed by atoms with Crippen molar-refractivity contribution >= 4 is 35.8 Å². The van der Waals surface area contributed by atoms with Crippen LogP contribution in [-0.4, -0.2) is 109 Å². The van der Waals surface area contributed by atoms with E-state index in [1.54, 1.807) is 12.1 Å². The van der Waals surface area contributed by atoms with Crippen LogP contribution in [0.3, 0.4) is 0 Å². The molecule has 0 unspecified atom stereocenters. The van der Waals surface area contributed by atoms with Gasteiger partial charge in [0.25, 0.3) is 0 Å². The first-order chi connectivity index (χ1) is 34.3. The van der Waals surface area contributed by atoms with Gasteiger partial charge >= 0.3 is 35.8 Å². The van der Waals surface area contributed by atoms with E-state index in [9.17, 15) is 28.8 Å². The minimum absolute atomic E-state index is 0.0245. The summed E-state index contributed by atoms with van der Waals surface area (Å²) in [6.07, 6.45) is -7.87. The number of benzene rings is 6. The van der Waals surface area contributed by atoms with E-state index in [2.05, 4.69) is 0 Å². The highest BCUT2D eigenvalue weighted by Crippen LogP contribution is 2.27. The fourth-order valence-electron chi connectivity index (χ4n) is 6.70. The fraction of sp³-hybridized carbons (Fsp3) is 0.222. The predicted molar refractivity (Wildman–Crippen MR) is 254 cm³/mol. The SMILES string of the molecule is COc1ccc(C(=O)OC[C@@H](OC(=O)c2ccc(OC)cc2)[C@@H](OC(=O)c2ccc(OC)cc2)[C@H](OC(=O)c2ccc(OC)cc2)[C@@H](COC(=O)c2ccc(C)cc2)OC(=O)c2ccc(OC)cc2)cc1.